The predicted octanol–water partition coefficient (Wildman–Crippen LogP) is 17.4. The molecule has 0 bridgehead atoms. The Labute approximate surface area is 403 Å². The molecule has 0 unspecified atom stereocenters. The molecule has 4 heterocycles. The first-order valence-corrected chi connectivity index (χ1v) is 24.1. The molecule has 0 spiro atoms. The molecule has 4 heteroatoms. The van der Waals surface area contributed by atoms with Crippen LogP contribution in [-0.2, 0) is 0 Å². The molecule has 0 atom stereocenters. The van der Waals surface area contributed by atoms with E-state index in [1.54, 1.807) is 0 Å². The molecule has 0 N–H and O–H groups in total. The fraction of sp³-hybridized carbons (Fsp3) is 0. The Morgan fingerprint density at radius 1 is 0.186 bits per heavy atom. The van der Waals surface area contributed by atoms with Gasteiger partial charge >= 0.3 is 0 Å². The second kappa shape index (κ2) is 15.1. The minimum atomic E-state index is 1.11. The zero-order valence-corrected chi connectivity index (χ0v) is 38.0. The summed E-state index contributed by atoms with van der Waals surface area (Å²) in [5.74, 6) is 0. The largest absolute Gasteiger partial charge is 0.309 e. The first kappa shape index (κ1) is 38.7. The highest BCUT2D eigenvalue weighted by molar-refractivity contribution is 6.16. The van der Waals surface area contributed by atoms with Gasteiger partial charge in [0.1, 0.15) is 0 Å². The molecule has 15 aromatic rings. The van der Waals surface area contributed by atoms with Crippen LogP contribution in [0.15, 0.2) is 255 Å². The summed E-state index contributed by atoms with van der Waals surface area (Å²) in [6.45, 7) is 0. The van der Waals surface area contributed by atoms with Gasteiger partial charge in [0.15, 0.2) is 0 Å². The summed E-state index contributed by atoms with van der Waals surface area (Å²) in [6.07, 6.45) is 0. The molecule has 0 amide bonds. The summed E-state index contributed by atoms with van der Waals surface area (Å²) < 4.78 is 9.66. The van der Waals surface area contributed by atoms with Crippen molar-refractivity contribution in [2.45, 2.75) is 0 Å². The SMILES string of the molecule is c1ccc2c(c1)c1ccccc1n2-c1ccc(-c2cc(-c3ccc(-n4c5ccccc5c5ccccc54)cc3)c3c(c2)c2ccccc2n3-c2ccc(-n3c4ccccc4c4ccccc43)cc2)cc1. The standard InChI is InChI=1S/C66H42N4/c1-8-22-59-50(15-1)51-16-2-9-23-60(51)67(59)46-33-29-43(30-34-46)45-41-57(44-31-35-47(36-32-44)68-61-24-10-3-17-52(61)53-18-4-11-25-62(53)68)66-58(42-45)56-21-7-14-28-65(56)70(66)49-39-37-48(38-40-49)69-63-26-12-5-19-54(63)55-20-6-13-27-64(55)69/h1-42H. The van der Waals surface area contributed by atoms with Crippen molar-refractivity contribution in [3.05, 3.63) is 255 Å². The molecule has 326 valence electrons. The number of nitrogens with zero attached hydrogens (tertiary/aromatic N) is 4. The number of benzene rings is 11. The van der Waals surface area contributed by atoms with Crippen molar-refractivity contribution < 1.29 is 0 Å². The number of fused-ring (bicyclic) bond motifs is 12. The highest BCUT2D eigenvalue weighted by Crippen LogP contribution is 2.43. The lowest BCUT2D eigenvalue weighted by molar-refractivity contribution is 1.14. The zero-order chi connectivity index (χ0) is 45.9. The summed E-state index contributed by atoms with van der Waals surface area (Å²) in [5.41, 5.74) is 18.8. The smallest absolute Gasteiger partial charge is 0.0619 e. The van der Waals surface area contributed by atoms with E-state index in [0.717, 1.165) is 28.3 Å². The fourth-order valence-corrected chi connectivity index (χ4v) is 11.7. The van der Waals surface area contributed by atoms with Crippen LogP contribution in [0.25, 0.3) is 132 Å². The van der Waals surface area contributed by atoms with Gasteiger partial charge < -0.3 is 18.3 Å². The van der Waals surface area contributed by atoms with Crippen LogP contribution >= 0.6 is 0 Å². The number of hydrogen-bond acceptors (Lipinski definition) is 0. The van der Waals surface area contributed by atoms with E-state index in [0.29, 0.717) is 0 Å². The molecule has 0 aliphatic heterocycles. The van der Waals surface area contributed by atoms with Crippen molar-refractivity contribution in [3.8, 4) is 45.0 Å². The first-order valence-electron chi connectivity index (χ1n) is 24.1. The van der Waals surface area contributed by atoms with Gasteiger partial charge in [-0.15, -0.1) is 0 Å². The Kier molecular flexibility index (Phi) is 8.33. The normalized spacial score (nSPS) is 12.0. The highest BCUT2D eigenvalue weighted by Gasteiger charge is 2.21. The van der Waals surface area contributed by atoms with Crippen molar-refractivity contribution in [2.24, 2.45) is 0 Å². The fourth-order valence-electron chi connectivity index (χ4n) is 11.7. The molecule has 70 heavy (non-hydrogen) atoms. The van der Waals surface area contributed by atoms with Crippen LogP contribution in [0.2, 0.25) is 0 Å². The van der Waals surface area contributed by atoms with Crippen molar-refractivity contribution >= 4 is 87.2 Å². The lowest BCUT2D eigenvalue weighted by Crippen LogP contribution is -1.99. The predicted molar refractivity (Wildman–Crippen MR) is 295 cm³/mol. The van der Waals surface area contributed by atoms with Crippen LogP contribution in [0.5, 0.6) is 0 Å². The Balaban J connectivity index is 0.929. The van der Waals surface area contributed by atoms with Gasteiger partial charge in [-0.05, 0) is 120 Å². The van der Waals surface area contributed by atoms with Crippen LogP contribution < -0.4 is 0 Å². The van der Waals surface area contributed by atoms with Crippen molar-refractivity contribution in [3.63, 3.8) is 0 Å². The molecular weight excluding hydrogens is 849 g/mol. The van der Waals surface area contributed by atoms with Crippen molar-refractivity contribution in [2.75, 3.05) is 0 Å². The number of hydrogen-bond donors (Lipinski definition) is 0. The van der Waals surface area contributed by atoms with Gasteiger partial charge in [-0.3, -0.25) is 0 Å². The lowest BCUT2D eigenvalue weighted by atomic mass is 9.95. The Morgan fingerprint density at radius 2 is 0.443 bits per heavy atom. The zero-order valence-electron chi connectivity index (χ0n) is 38.0. The number of aromatic nitrogens is 4. The molecule has 0 fully saturated rings. The molecular formula is C66H42N4. The van der Waals surface area contributed by atoms with E-state index in [1.807, 2.05) is 0 Å². The minimum absolute atomic E-state index is 1.11. The van der Waals surface area contributed by atoms with Crippen LogP contribution in [0.1, 0.15) is 0 Å². The highest BCUT2D eigenvalue weighted by atomic mass is 15.0. The Hall–Kier alpha value is -9.38. The molecule has 4 nitrogen and oxygen atoms in total. The minimum Gasteiger partial charge on any atom is -0.309 e. The van der Waals surface area contributed by atoms with Crippen LogP contribution in [0.4, 0.5) is 0 Å². The molecule has 0 radical (unpaired) electrons. The lowest BCUT2D eigenvalue weighted by Gasteiger charge is -2.16. The quantitative estimate of drug-likeness (QED) is 0.158. The molecule has 15 rings (SSSR count). The monoisotopic (exact) mass is 890 g/mol. The average molecular weight is 891 g/mol. The van der Waals surface area contributed by atoms with E-state index in [4.69, 9.17) is 0 Å². The molecule has 0 aliphatic carbocycles. The van der Waals surface area contributed by atoms with E-state index < -0.39 is 0 Å². The van der Waals surface area contributed by atoms with Gasteiger partial charge in [0, 0.05) is 71.4 Å². The second-order valence-electron chi connectivity index (χ2n) is 18.5. The second-order valence-corrected chi connectivity index (χ2v) is 18.5. The maximum atomic E-state index is 2.48. The summed E-state index contributed by atoms with van der Waals surface area (Å²) in [6, 6.07) is 93.6. The van der Waals surface area contributed by atoms with Crippen molar-refractivity contribution in [1.29, 1.82) is 0 Å². The maximum absolute atomic E-state index is 2.48. The summed E-state index contributed by atoms with van der Waals surface area (Å²) in [7, 11) is 0. The molecule has 0 saturated carbocycles. The van der Waals surface area contributed by atoms with Gasteiger partial charge in [-0.1, -0.05) is 152 Å². The first-order chi connectivity index (χ1) is 34.7. The molecule has 11 aromatic carbocycles. The number of rotatable bonds is 6. The summed E-state index contributed by atoms with van der Waals surface area (Å²) in [5, 5.41) is 10.00. The molecule has 0 saturated heterocycles. The van der Waals surface area contributed by atoms with E-state index in [1.165, 1.54) is 104 Å². The van der Waals surface area contributed by atoms with Gasteiger partial charge in [0.2, 0.25) is 0 Å². The van der Waals surface area contributed by atoms with E-state index >= 15 is 0 Å². The van der Waals surface area contributed by atoms with Gasteiger partial charge in [0.25, 0.3) is 0 Å². The average Bonchev–Trinajstić information content (AvgIpc) is 4.16. The van der Waals surface area contributed by atoms with Gasteiger partial charge in [-0.25, -0.2) is 0 Å². The molecule has 4 aromatic heterocycles. The third-order valence-electron chi connectivity index (χ3n) is 14.8. The van der Waals surface area contributed by atoms with Crippen LogP contribution in [0.3, 0.4) is 0 Å². The Bertz CT molecular complexity index is 4400. The number of para-hydroxylation sites is 7. The van der Waals surface area contributed by atoms with E-state index in [-0.39, 0.29) is 0 Å². The summed E-state index contributed by atoms with van der Waals surface area (Å²) >= 11 is 0. The van der Waals surface area contributed by atoms with Gasteiger partial charge in [-0.2, -0.15) is 0 Å². The molecule has 0 aliphatic rings. The Morgan fingerprint density at radius 3 is 0.786 bits per heavy atom. The third kappa shape index (κ3) is 5.65. The topological polar surface area (TPSA) is 19.7 Å². The van der Waals surface area contributed by atoms with E-state index in [2.05, 4.69) is 273 Å². The summed E-state index contributed by atoms with van der Waals surface area (Å²) in [4.78, 5) is 0. The van der Waals surface area contributed by atoms with Crippen molar-refractivity contribution in [1.82, 2.24) is 18.3 Å². The van der Waals surface area contributed by atoms with E-state index in [9.17, 15) is 0 Å². The van der Waals surface area contributed by atoms with Crippen LogP contribution in [-0.4, -0.2) is 18.3 Å². The maximum Gasteiger partial charge on any atom is 0.0619 e. The van der Waals surface area contributed by atoms with Gasteiger partial charge in [0.05, 0.1) is 44.1 Å². The third-order valence-corrected chi connectivity index (χ3v) is 14.8. The van der Waals surface area contributed by atoms with Crippen LogP contribution in [0, 0.1) is 0 Å².